The summed E-state index contributed by atoms with van der Waals surface area (Å²) in [6.07, 6.45) is 2.53. The number of benzene rings is 2. The lowest BCUT2D eigenvalue weighted by Gasteiger charge is -2.31. The molecule has 11 heteroatoms. The van der Waals surface area contributed by atoms with E-state index in [1.54, 1.807) is 42.5 Å². The van der Waals surface area contributed by atoms with Crippen LogP contribution in [0.5, 0.6) is 5.75 Å². The Hall–Kier alpha value is -2.49. The van der Waals surface area contributed by atoms with Crippen molar-refractivity contribution in [1.82, 2.24) is 10.2 Å². The second kappa shape index (κ2) is 14.4. The second-order valence-corrected chi connectivity index (χ2v) is 11.3. The third-order valence-electron chi connectivity index (χ3n) is 5.82. The molecule has 2 rings (SSSR count). The molecule has 0 fully saturated rings. The summed E-state index contributed by atoms with van der Waals surface area (Å²) >= 11 is 12.7. The van der Waals surface area contributed by atoms with Gasteiger partial charge in [-0.05, 0) is 43.5 Å². The van der Waals surface area contributed by atoms with Gasteiger partial charge in [-0.15, -0.1) is 0 Å². The number of carbonyl (C=O) groups excluding carboxylic acids is 2. The summed E-state index contributed by atoms with van der Waals surface area (Å²) in [5.74, 6) is -0.0301. The third kappa shape index (κ3) is 8.79. The molecule has 204 valence electrons. The number of sulfonamides is 1. The Balaban J connectivity index is 2.27. The van der Waals surface area contributed by atoms with Gasteiger partial charge in [-0.1, -0.05) is 49.2 Å². The maximum atomic E-state index is 13.5. The number of rotatable bonds is 14. The second-order valence-electron chi connectivity index (χ2n) is 8.58. The van der Waals surface area contributed by atoms with Crippen LogP contribution in [0, 0.1) is 0 Å². The zero-order valence-electron chi connectivity index (χ0n) is 21.7. The van der Waals surface area contributed by atoms with Crippen molar-refractivity contribution in [3.05, 3.63) is 58.1 Å². The van der Waals surface area contributed by atoms with E-state index in [-0.39, 0.29) is 37.7 Å². The van der Waals surface area contributed by atoms with E-state index in [9.17, 15) is 18.0 Å². The van der Waals surface area contributed by atoms with Crippen LogP contribution in [0.3, 0.4) is 0 Å². The Bertz CT molecular complexity index is 1160. The third-order valence-corrected chi connectivity index (χ3v) is 7.72. The molecule has 0 saturated carbocycles. The van der Waals surface area contributed by atoms with Gasteiger partial charge < -0.3 is 15.0 Å². The molecule has 2 aromatic carbocycles. The summed E-state index contributed by atoms with van der Waals surface area (Å²) < 4.78 is 31.5. The summed E-state index contributed by atoms with van der Waals surface area (Å²) in [6.45, 7) is 4.41. The van der Waals surface area contributed by atoms with E-state index in [0.29, 0.717) is 40.0 Å². The highest BCUT2D eigenvalue weighted by molar-refractivity contribution is 7.92. The van der Waals surface area contributed by atoms with Gasteiger partial charge in [-0.2, -0.15) is 0 Å². The van der Waals surface area contributed by atoms with Crippen LogP contribution in [0.1, 0.15) is 45.1 Å². The minimum atomic E-state index is -3.61. The molecular weight excluding hydrogens is 537 g/mol. The van der Waals surface area contributed by atoms with Gasteiger partial charge in [-0.25, -0.2) is 8.42 Å². The van der Waals surface area contributed by atoms with Crippen molar-refractivity contribution in [3.63, 3.8) is 0 Å². The summed E-state index contributed by atoms with van der Waals surface area (Å²) in [6, 6.07) is 11.1. The summed E-state index contributed by atoms with van der Waals surface area (Å²) in [4.78, 5) is 27.9. The highest BCUT2D eigenvalue weighted by atomic mass is 35.5. The summed E-state index contributed by atoms with van der Waals surface area (Å²) in [7, 11) is -2.11. The molecule has 1 N–H and O–H groups in total. The van der Waals surface area contributed by atoms with Crippen LogP contribution in [0.4, 0.5) is 5.69 Å². The van der Waals surface area contributed by atoms with Crippen LogP contribution in [0.15, 0.2) is 42.5 Å². The molecule has 2 amide bonds. The molecule has 0 aliphatic rings. The van der Waals surface area contributed by atoms with Gasteiger partial charge in [0.25, 0.3) is 0 Å². The van der Waals surface area contributed by atoms with Gasteiger partial charge in [0.05, 0.1) is 19.1 Å². The topological polar surface area (TPSA) is 96.0 Å². The Kier molecular flexibility index (Phi) is 12.0. The van der Waals surface area contributed by atoms with Crippen molar-refractivity contribution < 1.29 is 22.7 Å². The van der Waals surface area contributed by atoms with Gasteiger partial charge >= 0.3 is 0 Å². The molecule has 37 heavy (non-hydrogen) atoms. The average molecular weight is 573 g/mol. The van der Waals surface area contributed by atoms with E-state index in [0.717, 1.165) is 12.7 Å². The van der Waals surface area contributed by atoms with Crippen LogP contribution >= 0.6 is 23.2 Å². The first-order valence-electron chi connectivity index (χ1n) is 12.1. The minimum absolute atomic E-state index is 0.0234. The number of carbonyl (C=O) groups is 2. The fourth-order valence-electron chi connectivity index (χ4n) is 3.91. The molecule has 1 atom stereocenters. The number of nitrogens with one attached hydrogen (secondary N) is 1. The Morgan fingerprint density at radius 2 is 1.73 bits per heavy atom. The number of hydrogen-bond acceptors (Lipinski definition) is 5. The van der Waals surface area contributed by atoms with Crippen molar-refractivity contribution in [1.29, 1.82) is 0 Å². The largest absolute Gasteiger partial charge is 0.497 e. The fraction of sp³-hybridized carbons (Fsp3) is 0.462. The molecule has 0 aliphatic heterocycles. The van der Waals surface area contributed by atoms with Crippen LogP contribution in [0.25, 0.3) is 0 Å². The van der Waals surface area contributed by atoms with E-state index >= 15 is 0 Å². The monoisotopic (exact) mass is 571 g/mol. The minimum Gasteiger partial charge on any atom is -0.497 e. The smallest absolute Gasteiger partial charge is 0.242 e. The number of ether oxygens (including phenoxy) is 1. The molecule has 0 aliphatic carbocycles. The number of methoxy groups -OCH3 is 1. The van der Waals surface area contributed by atoms with Gasteiger partial charge in [0.2, 0.25) is 21.8 Å². The maximum Gasteiger partial charge on any atom is 0.242 e. The molecule has 0 aromatic heterocycles. The number of hydrogen-bond donors (Lipinski definition) is 1. The Labute approximate surface area is 229 Å². The van der Waals surface area contributed by atoms with Crippen molar-refractivity contribution in [3.8, 4) is 5.75 Å². The lowest BCUT2D eigenvalue weighted by molar-refractivity contribution is -0.141. The van der Waals surface area contributed by atoms with Crippen LogP contribution in [0.2, 0.25) is 10.0 Å². The molecular formula is C26H35Cl2N3O5S. The van der Waals surface area contributed by atoms with Crippen LogP contribution in [-0.4, -0.2) is 57.6 Å². The first kappa shape index (κ1) is 30.7. The SMILES string of the molecule is CCCNC(=O)C(CC)N(Cc1c(Cl)cccc1Cl)C(=O)CCCN(c1cccc(OC)c1)S(C)(=O)=O. The quantitative estimate of drug-likeness (QED) is 0.348. The fourth-order valence-corrected chi connectivity index (χ4v) is 5.38. The Morgan fingerprint density at radius 1 is 1.08 bits per heavy atom. The van der Waals surface area contributed by atoms with E-state index < -0.39 is 16.1 Å². The van der Waals surface area contributed by atoms with Gasteiger partial charge in [0.15, 0.2) is 0 Å². The predicted molar refractivity (Wildman–Crippen MR) is 149 cm³/mol. The van der Waals surface area contributed by atoms with Crippen molar-refractivity contribution in [2.45, 2.75) is 52.1 Å². The zero-order valence-corrected chi connectivity index (χ0v) is 24.0. The van der Waals surface area contributed by atoms with Crippen molar-refractivity contribution in [2.24, 2.45) is 0 Å². The standard InChI is InChI=1S/C26H35Cl2N3O5S/c1-5-15-29-26(33)24(6-2)30(18-21-22(27)12-8-13-23(21)28)25(32)14-9-16-31(37(4,34)35)19-10-7-11-20(17-19)36-3/h7-8,10-13,17,24H,5-6,9,14-16,18H2,1-4H3,(H,29,33). The van der Waals surface area contributed by atoms with Crippen LogP contribution < -0.4 is 14.4 Å². The van der Waals surface area contributed by atoms with Crippen molar-refractivity contribution >= 4 is 50.7 Å². The van der Waals surface area contributed by atoms with E-state index in [1.165, 1.54) is 16.3 Å². The van der Waals surface area contributed by atoms with Gasteiger partial charge in [-0.3, -0.25) is 13.9 Å². The molecule has 8 nitrogen and oxygen atoms in total. The van der Waals surface area contributed by atoms with Gasteiger partial charge in [0, 0.05) is 47.7 Å². The first-order chi connectivity index (χ1) is 17.5. The van der Waals surface area contributed by atoms with Crippen LogP contribution in [-0.2, 0) is 26.2 Å². The molecule has 0 saturated heterocycles. The summed E-state index contributed by atoms with van der Waals surface area (Å²) in [5, 5.41) is 3.66. The molecule has 2 aromatic rings. The summed E-state index contributed by atoms with van der Waals surface area (Å²) in [5.41, 5.74) is 0.995. The first-order valence-corrected chi connectivity index (χ1v) is 14.8. The zero-order chi connectivity index (χ0) is 27.6. The maximum absolute atomic E-state index is 13.5. The molecule has 1 unspecified atom stereocenters. The lowest BCUT2D eigenvalue weighted by atomic mass is 10.1. The Morgan fingerprint density at radius 3 is 2.30 bits per heavy atom. The highest BCUT2D eigenvalue weighted by Crippen LogP contribution is 2.28. The van der Waals surface area contributed by atoms with Crippen molar-refractivity contribution in [2.75, 3.05) is 30.8 Å². The lowest BCUT2D eigenvalue weighted by Crippen LogP contribution is -2.49. The predicted octanol–water partition coefficient (Wildman–Crippen LogP) is 4.88. The van der Waals surface area contributed by atoms with E-state index in [2.05, 4.69) is 5.32 Å². The number of nitrogens with zero attached hydrogens (tertiary/aromatic N) is 2. The highest BCUT2D eigenvalue weighted by Gasteiger charge is 2.29. The van der Waals surface area contributed by atoms with E-state index in [1.807, 2.05) is 13.8 Å². The molecule has 0 heterocycles. The normalized spacial score (nSPS) is 12.1. The molecule has 0 spiro atoms. The van der Waals surface area contributed by atoms with Gasteiger partial charge in [0.1, 0.15) is 11.8 Å². The molecule has 0 bridgehead atoms. The van der Waals surface area contributed by atoms with E-state index in [4.69, 9.17) is 27.9 Å². The number of anilines is 1. The number of halogens is 2. The molecule has 0 radical (unpaired) electrons. The number of amides is 2. The average Bonchev–Trinajstić information content (AvgIpc) is 2.85.